The second-order valence-corrected chi connectivity index (χ2v) is 5.70. The highest BCUT2D eigenvalue weighted by Gasteiger charge is 2.09. The Labute approximate surface area is 127 Å². The van der Waals surface area contributed by atoms with E-state index in [0.29, 0.717) is 11.5 Å². The molecule has 0 atom stereocenters. The normalized spacial score (nSPS) is 10.6. The second-order valence-electron chi connectivity index (χ2n) is 4.85. The number of ether oxygens (including phenoxy) is 1. The van der Waals surface area contributed by atoms with E-state index in [1.807, 2.05) is 30.3 Å². The van der Waals surface area contributed by atoms with Crippen LogP contribution >= 0.6 is 15.9 Å². The van der Waals surface area contributed by atoms with E-state index in [-0.39, 0.29) is 5.84 Å². The fourth-order valence-electron chi connectivity index (χ4n) is 1.96. The van der Waals surface area contributed by atoms with Crippen LogP contribution in [0.15, 0.2) is 46.9 Å². The second kappa shape index (κ2) is 6.09. The van der Waals surface area contributed by atoms with Crippen molar-refractivity contribution in [1.29, 1.82) is 5.41 Å². The van der Waals surface area contributed by atoms with Gasteiger partial charge < -0.3 is 10.5 Å². The molecule has 0 bridgehead atoms. The Kier molecular flexibility index (Phi) is 4.45. The quantitative estimate of drug-likeness (QED) is 0.632. The third kappa shape index (κ3) is 3.20. The summed E-state index contributed by atoms with van der Waals surface area (Å²) in [5, 5.41) is 7.47. The summed E-state index contributed by atoms with van der Waals surface area (Å²) in [7, 11) is 0. The number of amidine groups is 1. The van der Waals surface area contributed by atoms with Gasteiger partial charge in [-0.05, 0) is 51.7 Å². The average molecular weight is 333 g/mol. The summed E-state index contributed by atoms with van der Waals surface area (Å²) < 4.78 is 6.70. The lowest BCUT2D eigenvalue weighted by Crippen LogP contribution is -2.11. The van der Waals surface area contributed by atoms with E-state index in [1.165, 1.54) is 5.56 Å². The molecule has 0 spiro atoms. The Morgan fingerprint density at radius 2 is 1.90 bits per heavy atom. The molecule has 0 radical (unpaired) electrons. The molecule has 0 aliphatic rings. The highest BCUT2D eigenvalue weighted by atomic mass is 79.9. The number of halogens is 1. The number of nitrogens with two attached hydrogens (primary N) is 1. The van der Waals surface area contributed by atoms with E-state index in [4.69, 9.17) is 15.9 Å². The number of hydrogen-bond acceptors (Lipinski definition) is 2. The first-order valence-corrected chi connectivity index (χ1v) is 7.19. The average Bonchev–Trinajstić information content (AvgIpc) is 2.38. The molecule has 0 aromatic heterocycles. The van der Waals surface area contributed by atoms with Crippen LogP contribution in [-0.2, 0) is 0 Å². The van der Waals surface area contributed by atoms with Crippen LogP contribution < -0.4 is 10.5 Å². The van der Waals surface area contributed by atoms with Crippen LogP contribution in [0.25, 0.3) is 0 Å². The minimum absolute atomic E-state index is 0.0333. The Morgan fingerprint density at radius 1 is 1.20 bits per heavy atom. The highest BCUT2D eigenvalue weighted by Crippen LogP contribution is 2.32. The van der Waals surface area contributed by atoms with Crippen LogP contribution in [0, 0.1) is 5.41 Å². The first-order valence-electron chi connectivity index (χ1n) is 6.39. The molecule has 0 amide bonds. The summed E-state index contributed by atoms with van der Waals surface area (Å²) in [6, 6.07) is 13.4. The molecule has 2 rings (SSSR count). The fourth-order valence-corrected chi connectivity index (χ4v) is 2.53. The molecule has 3 N–H and O–H groups in total. The van der Waals surface area contributed by atoms with Crippen molar-refractivity contribution in [3.63, 3.8) is 0 Å². The van der Waals surface area contributed by atoms with Gasteiger partial charge in [0.05, 0.1) is 0 Å². The highest BCUT2D eigenvalue weighted by molar-refractivity contribution is 9.10. The van der Waals surface area contributed by atoms with E-state index < -0.39 is 0 Å². The number of hydrogen-bond donors (Lipinski definition) is 2. The Bertz CT molecular complexity index is 638. The van der Waals surface area contributed by atoms with Gasteiger partial charge in [0.15, 0.2) is 0 Å². The third-order valence-electron chi connectivity index (χ3n) is 3.00. The molecule has 2 aromatic carbocycles. The van der Waals surface area contributed by atoms with E-state index in [0.717, 1.165) is 16.0 Å². The maximum absolute atomic E-state index is 7.47. The van der Waals surface area contributed by atoms with Gasteiger partial charge in [0.2, 0.25) is 0 Å². The maximum atomic E-state index is 7.47. The molecular weight excluding hydrogens is 316 g/mol. The summed E-state index contributed by atoms with van der Waals surface area (Å²) in [5.74, 6) is 2.00. The van der Waals surface area contributed by atoms with Crippen molar-refractivity contribution in [3.8, 4) is 11.5 Å². The van der Waals surface area contributed by atoms with Crippen molar-refractivity contribution in [2.24, 2.45) is 5.73 Å². The number of nitrogen functional groups attached to an aromatic ring is 1. The number of para-hydroxylation sites is 1. The molecule has 20 heavy (non-hydrogen) atoms. The van der Waals surface area contributed by atoms with Crippen LogP contribution in [0.5, 0.6) is 11.5 Å². The molecule has 3 nitrogen and oxygen atoms in total. The number of rotatable bonds is 4. The third-order valence-corrected chi connectivity index (χ3v) is 3.66. The van der Waals surface area contributed by atoms with Gasteiger partial charge in [0, 0.05) is 10.0 Å². The monoisotopic (exact) mass is 332 g/mol. The molecule has 4 heteroatoms. The van der Waals surface area contributed by atoms with E-state index in [2.05, 4.69) is 35.8 Å². The Hall–Kier alpha value is -1.81. The Balaban J connectivity index is 2.31. The molecule has 0 heterocycles. The molecule has 104 valence electrons. The number of nitrogens with one attached hydrogen (secondary N) is 1. The predicted octanol–water partition coefficient (Wildman–Crippen LogP) is 4.65. The topological polar surface area (TPSA) is 59.1 Å². The van der Waals surface area contributed by atoms with Crippen LogP contribution in [0.3, 0.4) is 0 Å². The van der Waals surface area contributed by atoms with E-state index >= 15 is 0 Å². The van der Waals surface area contributed by atoms with Gasteiger partial charge in [0.25, 0.3) is 0 Å². The zero-order chi connectivity index (χ0) is 14.7. The van der Waals surface area contributed by atoms with E-state index in [9.17, 15) is 0 Å². The fraction of sp³-hybridized carbons (Fsp3) is 0.188. The molecule has 0 saturated carbocycles. The summed E-state index contributed by atoms with van der Waals surface area (Å²) in [4.78, 5) is 0. The molecular formula is C16H17BrN2O. The summed E-state index contributed by atoms with van der Waals surface area (Å²) >= 11 is 3.41. The zero-order valence-corrected chi connectivity index (χ0v) is 13.1. The van der Waals surface area contributed by atoms with Crippen LogP contribution in [-0.4, -0.2) is 5.84 Å². The van der Waals surface area contributed by atoms with Crippen LogP contribution in [0.1, 0.15) is 30.9 Å². The molecule has 0 unspecified atom stereocenters. The van der Waals surface area contributed by atoms with Gasteiger partial charge >= 0.3 is 0 Å². The Morgan fingerprint density at radius 3 is 2.50 bits per heavy atom. The van der Waals surface area contributed by atoms with Crippen molar-refractivity contribution < 1.29 is 4.74 Å². The van der Waals surface area contributed by atoms with Crippen molar-refractivity contribution in [2.45, 2.75) is 19.8 Å². The minimum Gasteiger partial charge on any atom is -0.457 e. The molecule has 2 aromatic rings. The van der Waals surface area contributed by atoms with E-state index in [1.54, 1.807) is 6.07 Å². The smallest absolute Gasteiger partial charge is 0.130 e. The van der Waals surface area contributed by atoms with Crippen molar-refractivity contribution in [2.75, 3.05) is 0 Å². The molecule has 0 fully saturated rings. The van der Waals surface area contributed by atoms with Gasteiger partial charge in [-0.1, -0.05) is 32.0 Å². The molecule has 0 aliphatic carbocycles. The summed E-state index contributed by atoms with van der Waals surface area (Å²) in [6.07, 6.45) is 0. The van der Waals surface area contributed by atoms with Crippen LogP contribution in [0.4, 0.5) is 0 Å². The first kappa shape index (κ1) is 14.6. The summed E-state index contributed by atoms with van der Waals surface area (Å²) in [5.41, 5.74) is 7.32. The SMILES string of the molecule is CC(C)c1ccccc1Oc1ccc(C(=N)N)c(Br)c1. The first-order chi connectivity index (χ1) is 9.49. The lowest BCUT2D eigenvalue weighted by molar-refractivity contribution is 0.473. The van der Waals surface area contributed by atoms with Crippen molar-refractivity contribution in [1.82, 2.24) is 0 Å². The maximum Gasteiger partial charge on any atom is 0.130 e. The lowest BCUT2D eigenvalue weighted by Gasteiger charge is -2.14. The largest absolute Gasteiger partial charge is 0.457 e. The van der Waals surface area contributed by atoms with Gasteiger partial charge in [0.1, 0.15) is 17.3 Å². The van der Waals surface area contributed by atoms with Gasteiger partial charge in [-0.15, -0.1) is 0 Å². The number of benzene rings is 2. The van der Waals surface area contributed by atoms with Gasteiger partial charge in [-0.25, -0.2) is 0 Å². The predicted molar refractivity (Wildman–Crippen MR) is 85.8 cm³/mol. The van der Waals surface area contributed by atoms with Crippen molar-refractivity contribution in [3.05, 3.63) is 58.1 Å². The standard InChI is InChI=1S/C16H17BrN2O/c1-10(2)12-5-3-4-6-15(12)20-11-7-8-13(16(18)19)14(17)9-11/h3-10H,1-2H3,(H3,18,19). The zero-order valence-electron chi connectivity index (χ0n) is 11.5. The molecule has 0 aliphatic heterocycles. The van der Waals surface area contributed by atoms with Crippen molar-refractivity contribution >= 4 is 21.8 Å². The lowest BCUT2D eigenvalue weighted by atomic mass is 10.0. The minimum atomic E-state index is 0.0333. The van der Waals surface area contributed by atoms with Gasteiger partial charge in [-0.3, -0.25) is 5.41 Å². The summed E-state index contributed by atoms with van der Waals surface area (Å²) in [6.45, 7) is 4.27. The van der Waals surface area contributed by atoms with Crippen LogP contribution in [0.2, 0.25) is 0 Å². The van der Waals surface area contributed by atoms with Gasteiger partial charge in [-0.2, -0.15) is 0 Å². The molecule has 0 saturated heterocycles.